The molecule has 0 bridgehead atoms. The first-order chi connectivity index (χ1) is 8.19. The number of imidazole rings is 1. The smallest absolute Gasteiger partial charge is 0.351 e. The zero-order chi connectivity index (χ0) is 12.4. The first-order valence-electron chi connectivity index (χ1n) is 5.90. The highest BCUT2D eigenvalue weighted by Crippen LogP contribution is 2.16. The molecule has 2 aromatic rings. The molecule has 6 nitrogen and oxygen atoms in total. The molecule has 17 heavy (non-hydrogen) atoms. The van der Waals surface area contributed by atoms with Gasteiger partial charge in [-0.3, -0.25) is 4.57 Å². The molecule has 0 aliphatic heterocycles. The molecule has 0 aliphatic rings. The van der Waals surface area contributed by atoms with Gasteiger partial charge in [0.2, 0.25) is 0 Å². The van der Waals surface area contributed by atoms with Gasteiger partial charge in [0.25, 0.3) is 0 Å². The van der Waals surface area contributed by atoms with Crippen LogP contribution >= 0.6 is 0 Å². The number of hydrogen-bond acceptors (Lipinski definition) is 4. The van der Waals surface area contributed by atoms with E-state index in [-0.39, 0.29) is 11.5 Å². The number of aromatic nitrogens is 4. The largest absolute Gasteiger partial charge is 0.382 e. The molecule has 0 amide bonds. The summed E-state index contributed by atoms with van der Waals surface area (Å²) in [5.41, 5.74) is 6.89. The van der Waals surface area contributed by atoms with Crippen molar-refractivity contribution in [3.8, 4) is 0 Å². The highest BCUT2D eigenvalue weighted by atomic mass is 16.1. The summed E-state index contributed by atoms with van der Waals surface area (Å²) in [7, 11) is 0. The molecule has 0 unspecified atom stereocenters. The maximum atomic E-state index is 11.7. The maximum Gasteiger partial charge on any atom is 0.351 e. The van der Waals surface area contributed by atoms with Crippen molar-refractivity contribution >= 4 is 17.0 Å². The first kappa shape index (κ1) is 11.6. The highest BCUT2D eigenvalue weighted by Gasteiger charge is 2.13. The van der Waals surface area contributed by atoms with Gasteiger partial charge in [0.1, 0.15) is 5.52 Å². The van der Waals surface area contributed by atoms with E-state index in [2.05, 4.69) is 16.9 Å². The van der Waals surface area contributed by atoms with Gasteiger partial charge in [-0.2, -0.15) is 4.98 Å². The number of fused-ring (bicyclic) bond motifs is 1. The van der Waals surface area contributed by atoms with Crippen molar-refractivity contribution in [2.75, 3.05) is 5.73 Å². The molecule has 0 radical (unpaired) electrons. The minimum atomic E-state index is -0.321. The van der Waals surface area contributed by atoms with Crippen molar-refractivity contribution in [2.45, 2.75) is 39.8 Å². The van der Waals surface area contributed by atoms with Crippen LogP contribution in [-0.2, 0) is 13.1 Å². The van der Waals surface area contributed by atoms with Gasteiger partial charge in [-0.15, -0.1) is 0 Å². The Kier molecular flexibility index (Phi) is 3.12. The second kappa shape index (κ2) is 4.57. The van der Waals surface area contributed by atoms with E-state index in [0.717, 1.165) is 24.9 Å². The number of nitrogens with zero attached hydrogens (tertiary/aromatic N) is 4. The highest BCUT2D eigenvalue weighted by molar-refractivity contribution is 5.82. The van der Waals surface area contributed by atoms with Crippen molar-refractivity contribution < 1.29 is 0 Å². The van der Waals surface area contributed by atoms with Gasteiger partial charge in [0.05, 0.1) is 6.33 Å². The Morgan fingerprint density at radius 2 is 2.00 bits per heavy atom. The third-order valence-corrected chi connectivity index (χ3v) is 2.68. The number of hydrogen-bond donors (Lipinski definition) is 1. The zero-order valence-corrected chi connectivity index (χ0v) is 10.2. The van der Waals surface area contributed by atoms with Crippen LogP contribution in [0.5, 0.6) is 0 Å². The number of nitrogens with two attached hydrogens (primary N) is 1. The van der Waals surface area contributed by atoms with Gasteiger partial charge in [0.15, 0.2) is 11.5 Å². The average molecular weight is 235 g/mol. The zero-order valence-electron chi connectivity index (χ0n) is 10.2. The van der Waals surface area contributed by atoms with E-state index < -0.39 is 0 Å². The molecule has 0 fully saturated rings. The molecule has 2 heterocycles. The van der Waals surface area contributed by atoms with Gasteiger partial charge in [0, 0.05) is 13.1 Å². The maximum absolute atomic E-state index is 11.7. The van der Waals surface area contributed by atoms with Crippen LogP contribution in [0.3, 0.4) is 0 Å². The van der Waals surface area contributed by atoms with E-state index in [1.54, 1.807) is 10.9 Å². The predicted octanol–water partition coefficient (Wildman–Crippen LogP) is 0.995. The number of nitrogen functional groups attached to an aromatic ring is 1. The molecule has 6 heteroatoms. The lowest BCUT2D eigenvalue weighted by atomic mass is 10.4. The monoisotopic (exact) mass is 235 g/mol. The lowest BCUT2D eigenvalue weighted by Gasteiger charge is -2.07. The Labute approximate surface area is 99.1 Å². The normalized spacial score (nSPS) is 11.2. The Balaban J connectivity index is 2.71. The third-order valence-electron chi connectivity index (χ3n) is 2.68. The van der Waals surface area contributed by atoms with E-state index in [1.165, 1.54) is 0 Å². The molecule has 0 saturated carbocycles. The molecule has 0 aromatic carbocycles. The Morgan fingerprint density at radius 3 is 2.65 bits per heavy atom. The number of anilines is 1. The van der Waals surface area contributed by atoms with E-state index in [1.807, 2.05) is 11.5 Å². The summed E-state index contributed by atoms with van der Waals surface area (Å²) in [5, 5.41) is 0. The Morgan fingerprint density at radius 1 is 1.29 bits per heavy atom. The van der Waals surface area contributed by atoms with Crippen molar-refractivity contribution in [3.63, 3.8) is 0 Å². The summed E-state index contributed by atoms with van der Waals surface area (Å²) in [6.45, 7) is 5.54. The Hall–Kier alpha value is -1.85. The fourth-order valence-corrected chi connectivity index (χ4v) is 1.97. The van der Waals surface area contributed by atoms with Crippen molar-refractivity contribution in [2.24, 2.45) is 0 Å². The van der Waals surface area contributed by atoms with Crippen molar-refractivity contribution in [1.82, 2.24) is 19.1 Å². The molecule has 0 atom stereocenters. The number of rotatable bonds is 4. The summed E-state index contributed by atoms with van der Waals surface area (Å²) in [6.07, 6.45) is 3.57. The molecule has 0 aliphatic carbocycles. The van der Waals surface area contributed by atoms with Gasteiger partial charge >= 0.3 is 5.69 Å². The van der Waals surface area contributed by atoms with Crippen LogP contribution in [0.4, 0.5) is 5.82 Å². The number of aryl methyl sites for hydroxylation is 2. The quantitative estimate of drug-likeness (QED) is 0.857. The lowest BCUT2D eigenvalue weighted by molar-refractivity contribution is 0.655. The van der Waals surface area contributed by atoms with Crippen LogP contribution in [0.15, 0.2) is 11.1 Å². The van der Waals surface area contributed by atoms with E-state index in [9.17, 15) is 4.79 Å². The van der Waals surface area contributed by atoms with Crippen LogP contribution in [0, 0.1) is 0 Å². The topological polar surface area (TPSA) is 78.7 Å². The molecular formula is C11H17N5O. The van der Waals surface area contributed by atoms with Crippen molar-refractivity contribution in [1.29, 1.82) is 0 Å². The minimum Gasteiger partial charge on any atom is -0.382 e. The Bertz CT molecular complexity index is 583. The van der Waals surface area contributed by atoms with E-state index in [4.69, 9.17) is 5.73 Å². The fourth-order valence-electron chi connectivity index (χ4n) is 1.97. The fraction of sp³-hybridized carbons (Fsp3) is 0.545. The van der Waals surface area contributed by atoms with Crippen LogP contribution < -0.4 is 11.4 Å². The van der Waals surface area contributed by atoms with Crippen LogP contribution in [-0.4, -0.2) is 19.1 Å². The molecular weight excluding hydrogens is 218 g/mol. The molecule has 2 rings (SSSR count). The summed E-state index contributed by atoms with van der Waals surface area (Å²) >= 11 is 0. The summed E-state index contributed by atoms with van der Waals surface area (Å²) < 4.78 is 3.53. The molecule has 0 saturated heterocycles. The van der Waals surface area contributed by atoms with Gasteiger partial charge in [-0.1, -0.05) is 13.8 Å². The van der Waals surface area contributed by atoms with E-state index >= 15 is 0 Å². The second-order valence-electron chi connectivity index (χ2n) is 4.04. The van der Waals surface area contributed by atoms with Crippen LogP contribution in [0.25, 0.3) is 11.2 Å². The van der Waals surface area contributed by atoms with Gasteiger partial charge in [-0.05, 0) is 12.8 Å². The SMILES string of the molecule is CCCn1cnc2c1c(N)nc(=O)n2CCC. The molecule has 92 valence electrons. The van der Waals surface area contributed by atoms with Crippen LogP contribution in [0.1, 0.15) is 26.7 Å². The average Bonchev–Trinajstić information content (AvgIpc) is 2.69. The van der Waals surface area contributed by atoms with E-state index in [0.29, 0.717) is 12.2 Å². The lowest BCUT2D eigenvalue weighted by Crippen LogP contribution is -2.25. The summed E-state index contributed by atoms with van der Waals surface area (Å²) in [4.78, 5) is 19.9. The molecule has 0 spiro atoms. The second-order valence-corrected chi connectivity index (χ2v) is 4.04. The van der Waals surface area contributed by atoms with Crippen molar-refractivity contribution in [3.05, 3.63) is 16.8 Å². The summed E-state index contributed by atoms with van der Waals surface area (Å²) in [5.74, 6) is 0.267. The van der Waals surface area contributed by atoms with Crippen LogP contribution in [0.2, 0.25) is 0 Å². The third kappa shape index (κ3) is 1.90. The summed E-state index contributed by atoms with van der Waals surface area (Å²) in [6, 6.07) is 0. The molecule has 2 N–H and O–H groups in total. The standard InChI is InChI=1S/C11H17N5O/c1-3-5-15-7-13-10-8(15)9(12)14-11(17)16(10)6-4-2/h7H,3-6H2,1-2H3,(H2,12,14,17). The van der Waals surface area contributed by atoms with Gasteiger partial charge < -0.3 is 10.3 Å². The predicted molar refractivity (Wildman–Crippen MR) is 66.8 cm³/mol. The minimum absolute atomic E-state index is 0.267. The molecule has 2 aromatic heterocycles. The van der Waals surface area contributed by atoms with Gasteiger partial charge in [-0.25, -0.2) is 9.78 Å². The first-order valence-corrected chi connectivity index (χ1v) is 5.90.